The van der Waals surface area contributed by atoms with Crippen molar-refractivity contribution in [3.63, 3.8) is 0 Å². The molecule has 1 aliphatic rings. The van der Waals surface area contributed by atoms with Gasteiger partial charge in [0.2, 0.25) is 5.91 Å². The molecule has 3 rings (SSSR count). The third kappa shape index (κ3) is 4.66. The van der Waals surface area contributed by atoms with Gasteiger partial charge in [0.05, 0.1) is 0 Å². The maximum Gasteiger partial charge on any atom is 0.248 e. The number of hydrogen-bond acceptors (Lipinski definition) is 4. The van der Waals surface area contributed by atoms with Crippen LogP contribution in [0.15, 0.2) is 54.7 Å². The van der Waals surface area contributed by atoms with Gasteiger partial charge in [0.15, 0.2) is 0 Å². The predicted octanol–water partition coefficient (Wildman–Crippen LogP) is 3.58. The zero-order valence-electron chi connectivity index (χ0n) is 14.6. The minimum absolute atomic E-state index is 0.0724. The molecule has 1 saturated heterocycles. The van der Waals surface area contributed by atoms with Crippen molar-refractivity contribution in [3.8, 4) is 0 Å². The van der Waals surface area contributed by atoms with Crippen LogP contribution in [0.1, 0.15) is 25.5 Å². The number of carbonyl (C=O) groups is 1. The van der Waals surface area contributed by atoms with E-state index in [0.717, 1.165) is 49.7 Å². The molecular formula is C20H24N4O. The summed E-state index contributed by atoms with van der Waals surface area (Å²) in [5.74, 6) is 2.09. The van der Waals surface area contributed by atoms with Crippen LogP contribution in [0.3, 0.4) is 0 Å². The molecule has 0 bridgehead atoms. The minimum atomic E-state index is 0.0724. The first-order valence-electron chi connectivity index (χ1n) is 8.70. The molecule has 1 unspecified atom stereocenters. The molecule has 2 aromatic heterocycles. The van der Waals surface area contributed by atoms with E-state index >= 15 is 0 Å². The van der Waals surface area contributed by atoms with Crippen molar-refractivity contribution >= 4 is 17.5 Å². The molecule has 1 aliphatic heterocycles. The van der Waals surface area contributed by atoms with Crippen LogP contribution in [0.25, 0.3) is 0 Å². The van der Waals surface area contributed by atoms with Crippen molar-refractivity contribution in [1.29, 1.82) is 0 Å². The third-order valence-corrected chi connectivity index (χ3v) is 4.40. The van der Waals surface area contributed by atoms with Crippen LogP contribution in [0, 0.1) is 5.92 Å². The van der Waals surface area contributed by atoms with E-state index in [-0.39, 0.29) is 5.91 Å². The molecule has 2 aromatic rings. The smallest absolute Gasteiger partial charge is 0.248 e. The van der Waals surface area contributed by atoms with Gasteiger partial charge < -0.3 is 10.2 Å². The lowest BCUT2D eigenvalue weighted by molar-refractivity contribution is -0.128. The second kappa shape index (κ2) is 7.92. The molecule has 3 heterocycles. The molecule has 0 aromatic carbocycles. The molecule has 0 radical (unpaired) electrons. The van der Waals surface area contributed by atoms with E-state index < -0.39 is 0 Å². The first-order valence-corrected chi connectivity index (χ1v) is 8.70. The predicted molar refractivity (Wildman–Crippen MR) is 99.6 cm³/mol. The molecule has 1 atom stereocenters. The molecule has 5 heteroatoms. The first kappa shape index (κ1) is 17.1. The summed E-state index contributed by atoms with van der Waals surface area (Å²) >= 11 is 0. The Morgan fingerprint density at radius 1 is 1.28 bits per heavy atom. The number of anilines is 2. The topological polar surface area (TPSA) is 58.1 Å². The number of rotatable bonds is 5. The highest BCUT2D eigenvalue weighted by Gasteiger charge is 2.24. The number of hydrogen-bond donors (Lipinski definition) is 1. The number of piperidine rings is 1. The Hall–Kier alpha value is -2.69. The molecule has 1 amide bonds. The summed E-state index contributed by atoms with van der Waals surface area (Å²) in [7, 11) is 0. The molecule has 1 N–H and O–H groups in total. The number of aromatic nitrogens is 2. The summed E-state index contributed by atoms with van der Waals surface area (Å²) in [5.41, 5.74) is 1.65. The summed E-state index contributed by atoms with van der Waals surface area (Å²) in [6.07, 6.45) is 4.79. The maximum atomic E-state index is 12.1. The summed E-state index contributed by atoms with van der Waals surface area (Å²) in [4.78, 5) is 23.0. The zero-order chi connectivity index (χ0) is 17.6. The molecule has 0 aliphatic carbocycles. The number of amides is 1. The number of carbonyl (C=O) groups excluding carboxylic acids is 1. The first-order chi connectivity index (χ1) is 12.1. The second-order valence-corrected chi connectivity index (χ2v) is 6.60. The highest BCUT2D eigenvalue weighted by Crippen LogP contribution is 2.22. The molecule has 0 saturated carbocycles. The van der Waals surface area contributed by atoms with Gasteiger partial charge in [0, 0.05) is 30.6 Å². The fraction of sp³-hybridized carbons (Fsp3) is 0.350. The van der Waals surface area contributed by atoms with E-state index in [1.54, 1.807) is 13.1 Å². The lowest BCUT2D eigenvalue weighted by atomic mass is 9.93. The van der Waals surface area contributed by atoms with Crippen molar-refractivity contribution in [3.05, 3.63) is 60.4 Å². The Balaban J connectivity index is 1.63. The van der Waals surface area contributed by atoms with Gasteiger partial charge in [-0.1, -0.05) is 18.7 Å². The quantitative estimate of drug-likeness (QED) is 0.848. The van der Waals surface area contributed by atoms with Gasteiger partial charge in [-0.2, -0.15) is 0 Å². The van der Waals surface area contributed by atoms with Crippen LogP contribution in [-0.2, 0) is 11.2 Å². The Morgan fingerprint density at radius 3 is 2.88 bits per heavy atom. The fourth-order valence-electron chi connectivity index (χ4n) is 3.21. The van der Waals surface area contributed by atoms with Gasteiger partial charge in [-0.25, -0.2) is 9.97 Å². The Labute approximate surface area is 148 Å². The molecular weight excluding hydrogens is 312 g/mol. The Bertz CT molecular complexity index is 744. The molecule has 130 valence electrons. The average molecular weight is 336 g/mol. The van der Waals surface area contributed by atoms with Crippen molar-refractivity contribution in [2.24, 2.45) is 5.92 Å². The number of nitrogens with one attached hydrogen (secondary N) is 1. The van der Waals surface area contributed by atoms with Crippen LogP contribution >= 0.6 is 0 Å². The van der Waals surface area contributed by atoms with Crippen molar-refractivity contribution < 1.29 is 4.79 Å². The summed E-state index contributed by atoms with van der Waals surface area (Å²) in [6, 6.07) is 11.7. The molecule has 1 fully saturated rings. The van der Waals surface area contributed by atoms with Gasteiger partial charge in [0.25, 0.3) is 0 Å². The number of nitrogens with zero attached hydrogens (tertiary/aromatic N) is 3. The van der Waals surface area contributed by atoms with Gasteiger partial charge in [-0.3, -0.25) is 4.79 Å². The summed E-state index contributed by atoms with van der Waals surface area (Å²) < 4.78 is 0. The van der Waals surface area contributed by atoms with Crippen molar-refractivity contribution in [2.45, 2.75) is 26.2 Å². The van der Waals surface area contributed by atoms with E-state index in [2.05, 4.69) is 16.9 Å². The summed E-state index contributed by atoms with van der Waals surface area (Å²) in [5, 5.41) is 3.23. The highest BCUT2D eigenvalue weighted by molar-refractivity contribution is 5.92. The minimum Gasteiger partial charge on any atom is -0.339 e. The molecule has 0 spiro atoms. The molecule has 5 nitrogen and oxygen atoms in total. The second-order valence-electron chi connectivity index (χ2n) is 6.60. The lowest BCUT2D eigenvalue weighted by Gasteiger charge is -2.32. The normalized spacial score (nSPS) is 17.2. The van der Waals surface area contributed by atoms with Crippen LogP contribution in [0.4, 0.5) is 11.6 Å². The number of likely N-dealkylation sites (tertiary alicyclic amines) is 1. The molecule has 25 heavy (non-hydrogen) atoms. The monoisotopic (exact) mass is 336 g/mol. The third-order valence-electron chi connectivity index (χ3n) is 4.40. The van der Waals surface area contributed by atoms with Gasteiger partial charge >= 0.3 is 0 Å². The van der Waals surface area contributed by atoms with Crippen molar-refractivity contribution in [1.82, 2.24) is 14.9 Å². The van der Waals surface area contributed by atoms with Gasteiger partial charge in [0.1, 0.15) is 11.6 Å². The number of pyridine rings is 2. The highest BCUT2D eigenvalue weighted by atomic mass is 16.2. The van der Waals surface area contributed by atoms with Crippen LogP contribution in [0.2, 0.25) is 0 Å². The van der Waals surface area contributed by atoms with E-state index in [0.29, 0.717) is 11.5 Å². The Morgan fingerprint density at radius 2 is 2.12 bits per heavy atom. The standard InChI is InChI=1S/C20H24N4O/c1-15(2)20(25)24-12-6-7-16(14-24)13-17-8-5-10-19(22-17)23-18-9-3-4-11-21-18/h3-5,8-11,16H,1,6-7,12-14H2,2H3,(H,21,22,23). The van der Waals surface area contributed by atoms with Crippen molar-refractivity contribution in [2.75, 3.05) is 18.4 Å². The van der Waals surface area contributed by atoms with E-state index in [4.69, 9.17) is 4.98 Å². The zero-order valence-corrected chi connectivity index (χ0v) is 14.6. The summed E-state index contributed by atoms with van der Waals surface area (Å²) in [6.45, 7) is 7.16. The van der Waals surface area contributed by atoms with Gasteiger partial charge in [-0.05, 0) is 56.4 Å². The SMILES string of the molecule is C=C(C)C(=O)N1CCCC(Cc2cccc(Nc3ccccn3)n2)C1. The fourth-order valence-corrected chi connectivity index (χ4v) is 3.21. The van der Waals surface area contributed by atoms with Crippen LogP contribution in [-0.4, -0.2) is 33.9 Å². The van der Waals surface area contributed by atoms with E-state index in [9.17, 15) is 4.79 Å². The lowest BCUT2D eigenvalue weighted by Crippen LogP contribution is -2.40. The maximum absolute atomic E-state index is 12.1. The van der Waals surface area contributed by atoms with Crippen LogP contribution in [0.5, 0.6) is 0 Å². The van der Waals surface area contributed by atoms with Gasteiger partial charge in [-0.15, -0.1) is 0 Å². The average Bonchev–Trinajstić information content (AvgIpc) is 2.62. The Kier molecular flexibility index (Phi) is 5.43. The largest absolute Gasteiger partial charge is 0.339 e. The van der Waals surface area contributed by atoms with E-state index in [1.165, 1.54) is 0 Å². The van der Waals surface area contributed by atoms with Crippen LogP contribution < -0.4 is 5.32 Å². The van der Waals surface area contributed by atoms with E-state index in [1.807, 2.05) is 41.3 Å².